The summed E-state index contributed by atoms with van der Waals surface area (Å²) in [4.78, 5) is 27.0. The van der Waals surface area contributed by atoms with Crippen LogP contribution in [0, 0.1) is 0 Å². The lowest BCUT2D eigenvalue weighted by Gasteiger charge is -2.38. The predicted octanol–water partition coefficient (Wildman–Crippen LogP) is 2.58. The van der Waals surface area contributed by atoms with Crippen LogP contribution in [0.2, 0.25) is 0 Å². The molecule has 5 heteroatoms. The first-order valence-corrected chi connectivity index (χ1v) is 8.05. The van der Waals surface area contributed by atoms with E-state index in [1.54, 1.807) is 31.4 Å². The van der Waals surface area contributed by atoms with Crippen molar-refractivity contribution in [2.24, 2.45) is 0 Å². The van der Waals surface area contributed by atoms with Crippen LogP contribution in [0.25, 0.3) is 11.0 Å². The molecule has 0 spiro atoms. The molecule has 1 aromatic heterocycles. The zero-order valence-corrected chi connectivity index (χ0v) is 13.0. The standard InChI is InChI=1S/C18H19NO4/c1-22-13-8-11-6-7-12(9-13)19(11)18(21)17-10-15(20)14-4-2-3-5-16(14)23-17/h2-5,10-13H,6-9H2,1H3. The molecule has 4 rings (SSSR count). The molecule has 2 aliphatic rings. The highest BCUT2D eigenvalue weighted by molar-refractivity contribution is 5.93. The van der Waals surface area contributed by atoms with Gasteiger partial charge in [-0.05, 0) is 37.8 Å². The van der Waals surface area contributed by atoms with E-state index in [1.807, 2.05) is 4.90 Å². The SMILES string of the molecule is COC1CC2CCC(C1)N2C(=O)c1cc(=O)c2ccccc2o1. The van der Waals surface area contributed by atoms with E-state index >= 15 is 0 Å². The Kier molecular flexibility index (Phi) is 3.45. The van der Waals surface area contributed by atoms with E-state index in [0.717, 1.165) is 25.7 Å². The number of carbonyl (C=O) groups is 1. The molecule has 2 aliphatic heterocycles. The van der Waals surface area contributed by atoms with Gasteiger partial charge in [0.15, 0.2) is 11.2 Å². The second-order valence-corrected chi connectivity index (χ2v) is 6.40. The van der Waals surface area contributed by atoms with Crippen LogP contribution in [0.15, 0.2) is 39.5 Å². The Balaban J connectivity index is 1.69. The van der Waals surface area contributed by atoms with Gasteiger partial charge >= 0.3 is 0 Å². The quantitative estimate of drug-likeness (QED) is 0.855. The van der Waals surface area contributed by atoms with Crippen molar-refractivity contribution in [3.8, 4) is 0 Å². The number of hydrogen-bond acceptors (Lipinski definition) is 4. The number of ether oxygens (including phenoxy) is 1. The molecule has 0 radical (unpaired) electrons. The van der Waals surface area contributed by atoms with E-state index in [-0.39, 0.29) is 35.3 Å². The van der Waals surface area contributed by atoms with Gasteiger partial charge in [0.05, 0.1) is 11.5 Å². The zero-order valence-electron chi connectivity index (χ0n) is 13.0. The van der Waals surface area contributed by atoms with Gasteiger partial charge < -0.3 is 14.1 Å². The van der Waals surface area contributed by atoms with Crippen molar-refractivity contribution in [1.29, 1.82) is 0 Å². The lowest BCUT2D eigenvalue weighted by Crippen LogP contribution is -2.48. The fourth-order valence-electron chi connectivity index (χ4n) is 3.99. The third-order valence-electron chi connectivity index (χ3n) is 5.10. The van der Waals surface area contributed by atoms with E-state index < -0.39 is 0 Å². The van der Waals surface area contributed by atoms with Gasteiger partial charge in [-0.25, -0.2) is 0 Å². The number of piperidine rings is 1. The molecule has 1 aromatic carbocycles. The number of fused-ring (bicyclic) bond motifs is 3. The Hall–Kier alpha value is -2.14. The summed E-state index contributed by atoms with van der Waals surface area (Å²) in [6.45, 7) is 0. The molecule has 2 atom stereocenters. The maximum atomic E-state index is 12.9. The molecule has 3 heterocycles. The second kappa shape index (κ2) is 5.49. The highest BCUT2D eigenvalue weighted by Gasteiger charge is 2.44. The van der Waals surface area contributed by atoms with Crippen molar-refractivity contribution in [3.63, 3.8) is 0 Å². The highest BCUT2D eigenvalue weighted by Crippen LogP contribution is 2.37. The van der Waals surface area contributed by atoms with Gasteiger partial charge in [0.25, 0.3) is 5.91 Å². The van der Waals surface area contributed by atoms with Crippen molar-refractivity contribution in [1.82, 2.24) is 4.90 Å². The first-order valence-electron chi connectivity index (χ1n) is 8.05. The molecule has 0 saturated carbocycles. The molecule has 5 nitrogen and oxygen atoms in total. The Labute approximate surface area is 133 Å². The third-order valence-corrected chi connectivity index (χ3v) is 5.10. The second-order valence-electron chi connectivity index (χ2n) is 6.40. The Bertz CT molecular complexity index is 798. The van der Waals surface area contributed by atoms with Gasteiger partial charge in [-0.3, -0.25) is 9.59 Å². The number of benzene rings is 1. The van der Waals surface area contributed by atoms with Gasteiger partial charge in [0, 0.05) is 25.3 Å². The van der Waals surface area contributed by atoms with Crippen molar-refractivity contribution < 1.29 is 13.9 Å². The van der Waals surface area contributed by atoms with Crippen LogP contribution in [0.4, 0.5) is 0 Å². The third kappa shape index (κ3) is 2.36. The molecule has 2 fully saturated rings. The van der Waals surface area contributed by atoms with Gasteiger partial charge in [0.2, 0.25) is 0 Å². The average molecular weight is 313 g/mol. The van der Waals surface area contributed by atoms with Crippen LogP contribution in [0.5, 0.6) is 0 Å². The average Bonchev–Trinajstić information content (AvgIpc) is 2.84. The largest absolute Gasteiger partial charge is 0.451 e. The lowest BCUT2D eigenvalue weighted by atomic mass is 9.99. The predicted molar refractivity (Wildman–Crippen MR) is 85.5 cm³/mol. The van der Waals surface area contributed by atoms with E-state index in [1.165, 1.54) is 6.07 Å². The molecule has 2 unspecified atom stereocenters. The molecule has 0 aliphatic carbocycles. The summed E-state index contributed by atoms with van der Waals surface area (Å²) in [5.41, 5.74) is 0.289. The minimum atomic E-state index is -0.172. The normalized spacial score (nSPS) is 26.7. The summed E-state index contributed by atoms with van der Waals surface area (Å²) in [5.74, 6) is -0.0311. The van der Waals surface area contributed by atoms with Crippen LogP contribution < -0.4 is 5.43 Å². The number of rotatable bonds is 2. The maximum Gasteiger partial charge on any atom is 0.290 e. The van der Waals surface area contributed by atoms with Crippen molar-refractivity contribution in [2.45, 2.75) is 43.9 Å². The first kappa shape index (κ1) is 14.5. The molecular formula is C18H19NO4. The summed E-state index contributed by atoms with van der Waals surface area (Å²) in [7, 11) is 1.73. The smallest absolute Gasteiger partial charge is 0.290 e. The van der Waals surface area contributed by atoms with Crippen LogP contribution >= 0.6 is 0 Å². The van der Waals surface area contributed by atoms with Gasteiger partial charge in [-0.15, -0.1) is 0 Å². The minimum Gasteiger partial charge on any atom is -0.451 e. The monoisotopic (exact) mass is 313 g/mol. The Morgan fingerprint density at radius 2 is 1.91 bits per heavy atom. The Morgan fingerprint density at radius 3 is 2.61 bits per heavy atom. The fourth-order valence-corrected chi connectivity index (χ4v) is 3.99. The summed E-state index contributed by atoms with van der Waals surface area (Å²) in [6.07, 6.45) is 3.93. The summed E-state index contributed by atoms with van der Waals surface area (Å²) < 4.78 is 11.2. The van der Waals surface area contributed by atoms with Crippen molar-refractivity contribution in [2.75, 3.05) is 7.11 Å². The molecule has 2 saturated heterocycles. The fraction of sp³-hybridized carbons (Fsp3) is 0.444. The molecule has 23 heavy (non-hydrogen) atoms. The number of hydrogen-bond donors (Lipinski definition) is 0. The molecule has 0 N–H and O–H groups in total. The number of para-hydroxylation sites is 1. The van der Waals surface area contributed by atoms with E-state index in [0.29, 0.717) is 11.0 Å². The Morgan fingerprint density at radius 1 is 1.22 bits per heavy atom. The van der Waals surface area contributed by atoms with Gasteiger partial charge in [-0.1, -0.05) is 12.1 Å². The van der Waals surface area contributed by atoms with Gasteiger partial charge in [0.1, 0.15) is 5.58 Å². The number of methoxy groups -OCH3 is 1. The van der Waals surface area contributed by atoms with Crippen LogP contribution in [0.3, 0.4) is 0 Å². The molecule has 2 bridgehead atoms. The first-order chi connectivity index (χ1) is 11.2. The molecule has 1 amide bonds. The van der Waals surface area contributed by atoms with Crippen LogP contribution in [-0.2, 0) is 4.74 Å². The van der Waals surface area contributed by atoms with E-state index in [4.69, 9.17) is 9.15 Å². The van der Waals surface area contributed by atoms with Gasteiger partial charge in [-0.2, -0.15) is 0 Å². The molecule has 120 valence electrons. The number of carbonyl (C=O) groups excluding carboxylic acids is 1. The topological polar surface area (TPSA) is 59.8 Å². The number of amides is 1. The highest BCUT2D eigenvalue weighted by atomic mass is 16.5. The van der Waals surface area contributed by atoms with Crippen molar-refractivity contribution in [3.05, 3.63) is 46.3 Å². The van der Waals surface area contributed by atoms with Crippen LogP contribution in [-0.4, -0.2) is 36.1 Å². The molecular weight excluding hydrogens is 294 g/mol. The minimum absolute atomic E-state index is 0.140. The summed E-state index contributed by atoms with van der Waals surface area (Å²) >= 11 is 0. The number of nitrogens with zero attached hydrogens (tertiary/aromatic N) is 1. The summed E-state index contributed by atoms with van der Waals surface area (Å²) in [6, 6.07) is 8.71. The molecule has 2 aromatic rings. The maximum absolute atomic E-state index is 12.9. The summed E-state index contributed by atoms with van der Waals surface area (Å²) in [5, 5.41) is 0.505. The van der Waals surface area contributed by atoms with E-state index in [9.17, 15) is 9.59 Å². The van der Waals surface area contributed by atoms with E-state index in [2.05, 4.69) is 0 Å². The lowest BCUT2D eigenvalue weighted by molar-refractivity contribution is 0.00679. The van der Waals surface area contributed by atoms with Crippen molar-refractivity contribution >= 4 is 16.9 Å². The van der Waals surface area contributed by atoms with Crippen LogP contribution in [0.1, 0.15) is 36.2 Å². The zero-order chi connectivity index (χ0) is 16.0.